The summed E-state index contributed by atoms with van der Waals surface area (Å²) in [7, 11) is 1.66. The Kier molecular flexibility index (Phi) is 2.96. The maximum absolute atomic E-state index is 5.43. The predicted octanol–water partition coefficient (Wildman–Crippen LogP) is 2.56. The molecule has 25 heavy (non-hydrogen) atoms. The number of imidazole rings is 1. The molecular weight excluding hydrogens is 322 g/mol. The Morgan fingerprint density at radius 3 is 2.76 bits per heavy atom. The van der Waals surface area contributed by atoms with E-state index >= 15 is 0 Å². The molecule has 1 aliphatic heterocycles. The minimum atomic E-state index is 0.243. The highest BCUT2D eigenvalue weighted by molar-refractivity contribution is 5.83. The van der Waals surface area contributed by atoms with Crippen LogP contribution in [0, 0.1) is 0 Å². The van der Waals surface area contributed by atoms with Crippen LogP contribution < -0.4 is 19.5 Å². The van der Waals surface area contributed by atoms with Crippen molar-refractivity contribution in [3.63, 3.8) is 0 Å². The average Bonchev–Trinajstić information content (AvgIpc) is 3.32. The van der Waals surface area contributed by atoms with Crippen LogP contribution in [0.5, 0.6) is 17.2 Å². The molecule has 2 N–H and O–H groups in total. The summed E-state index contributed by atoms with van der Waals surface area (Å²) in [6.07, 6.45) is 0. The van der Waals surface area contributed by atoms with E-state index in [9.17, 15) is 0 Å². The van der Waals surface area contributed by atoms with Crippen molar-refractivity contribution in [2.45, 2.75) is 6.54 Å². The Morgan fingerprint density at radius 1 is 1.16 bits per heavy atom. The molecule has 0 unspecified atom stereocenters. The molecule has 0 aliphatic carbocycles. The van der Waals surface area contributed by atoms with Gasteiger partial charge in [-0.05, 0) is 17.7 Å². The lowest BCUT2D eigenvalue weighted by Crippen LogP contribution is -2.01. The third-order valence-electron chi connectivity index (χ3n) is 4.18. The number of H-pyrrole nitrogens is 1. The van der Waals surface area contributed by atoms with E-state index in [1.165, 1.54) is 0 Å². The van der Waals surface area contributed by atoms with Crippen LogP contribution in [0.15, 0.2) is 36.4 Å². The van der Waals surface area contributed by atoms with E-state index in [2.05, 4.69) is 20.4 Å². The Balaban J connectivity index is 1.42. The molecule has 2 aromatic heterocycles. The van der Waals surface area contributed by atoms with Gasteiger partial charge in [-0.2, -0.15) is 4.98 Å². The van der Waals surface area contributed by atoms with Gasteiger partial charge in [-0.25, -0.2) is 9.50 Å². The minimum absolute atomic E-state index is 0.243. The zero-order valence-electron chi connectivity index (χ0n) is 13.4. The van der Waals surface area contributed by atoms with Crippen LogP contribution in [0.3, 0.4) is 0 Å². The topological polar surface area (TPSA) is 85.7 Å². The average molecular weight is 337 g/mol. The molecule has 4 aromatic rings. The van der Waals surface area contributed by atoms with Crippen molar-refractivity contribution in [1.29, 1.82) is 0 Å². The van der Waals surface area contributed by atoms with Crippen molar-refractivity contribution in [3.05, 3.63) is 42.0 Å². The Hall–Kier alpha value is -3.42. The van der Waals surface area contributed by atoms with Gasteiger partial charge in [0.15, 0.2) is 11.5 Å². The number of rotatable bonds is 4. The fraction of sp³-hybridized carbons (Fsp3) is 0.176. The second-order valence-corrected chi connectivity index (χ2v) is 5.72. The minimum Gasteiger partial charge on any atom is -0.497 e. The van der Waals surface area contributed by atoms with Crippen LogP contribution in [-0.4, -0.2) is 33.5 Å². The molecule has 0 bridgehead atoms. The van der Waals surface area contributed by atoms with Crippen molar-refractivity contribution in [1.82, 2.24) is 19.6 Å². The third-order valence-corrected chi connectivity index (χ3v) is 4.18. The molecule has 1 aliphatic rings. The normalized spacial score (nSPS) is 12.8. The molecule has 8 nitrogen and oxygen atoms in total. The first-order valence-corrected chi connectivity index (χ1v) is 7.85. The second-order valence-electron chi connectivity index (χ2n) is 5.72. The summed E-state index contributed by atoms with van der Waals surface area (Å²) in [5.41, 5.74) is 2.83. The number of aromatic nitrogens is 4. The van der Waals surface area contributed by atoms with Crippen LogP contribution in [-0.2, 0) is 6.54 Å². The summed E-state index contributed by atoms with van der Waals surface area (Å²) in [6, 6.07) is 11.7. The summed E-state index contributed by atoms with van der Waals surface area (Å²) in [4.78, 5) is 9.00. The lowest BCUT2D eigenvalue weighted by molar-refractivity contribution is 0.174. The van der Waals surface area contributed by atoms with Gasteiger partial charge in [-0.3, -0.25) is 5.10 Å². The van der Waals surface area contributed by atoms with Crippen molar-refractivity contribution >= 4 is 22.8 Å². The molecule has 0 amide bonds. The summed E-state index contributed by atoms with van der Waals surface area (Å²) >= 11 is 0. The molecule has 8 heteroatoms. The van der Waals surface area contributed by atoms with E-state index in [-0.39, 0.29) is 6.79 Å². The maximum atomic E-state index is 5.43. The number of nitrogens with zero attached hydrogens (tertiary/aromatic N) is 3. The van der Waals surface area contributed by atoms with E-state index in [0.717, 1.165) is 28.1 Å². The largest absolute Gasteiger partial charge is 0.497 e. The fourth-order valence-corrected chi connectivity index (χ4v) is 2.88. The number of anilines is 1. The van der Waals surface area contributed by atoms with E-state index in [0.29, 0.717) is 24.0 Å². The molecule has 0 saturated carbocycles. The number of fused-ring (bicyclic) bond motifs is 4. The van der Waals surface area contributed by atoms with E-state index in [4.69, 9.17) is 14.2 Å². The molecule has 3 heterocycles. The molecular formula is C17H15N5O3. The lowest BCUT2D eigenvalue weighted by atomic mass is 10.2. The molecule has 126 valence electrons. The van der Waals surface area contributed by atoms with Gasteiger partial charge < -0.3 is 19.5 Å². The Bertz CT molecular complexity index is 1070. The van der Waals surface area contributed by atoms with Gasteiger partial charge in [0.05, 0.1) is 18.1 Å². The molecule has 0 spiro atoms. The standard InChI is InChI=1S/C17H15N5O3/c1-23-11-4-2-10(3-5-11)8-18-16-20-17-19-12-6-14-15(25-9-24-14)7-13(12)22(17)21-16/h2-7H,8-9H2,1H3,(H2,18,19,20,21). The van der Waals surface area contributed by atoms with Crippen LogP contribution in [0.1, 0.15) is 5.56 Å². The highest BCUT2D eigenvalue weighted by atomic mass is 16.7. The van der Waals surface area contributed by atoms with Gasteiger partial charge in [0.1, 0.15) is 5.75 Å². The molecule has 0 radical (unpaired) electrons. The number of hydrogen-bond donors (Lipinski definition) is 2. The number of methoxy groups -OCH3 is 1. The SMILES string of the molecule is COc1ccc(CNc2nc3nc4cc5c(cc4n3[nH]2)OCO5)cc1. The van der Waals surface area contributed by atoms with Gasteiger partial charge in [-0.15, -0.1) is 0 Å². The summed E-state index contributed by atoms with van der Waals surface area (Å²) < 4.78 is 17.8. The summed E-state index contributed by atoms with van der Waals surface area (Å²) in [5, 5.41) is 6.48. The van der Waals surface area contributed by atoms with Gasteiger partial charge in [0, 0.05) is 18.7 Å². The summed E-state index contributed by atoms with van der Waals surface area (Å²) in [5.74, 6) is 3.52. The van der Waals surface area contributed by atoms with Gasteiger partial charge in [0.25, 0.3) is 5.78 Å². The Morgan fingerprint density at radius 2 is 1.96 bits per heavy atom. The highest BCUT2D eigenvalue weighted by Gasteiger charge is 2.18. The molecule has 2 aromatic carbocycles. The van der Waals surface area contributed by atoms with Crippen LogP contribution in [0.2, 0.25) is 0 Å². The van der Waals surface area contributed by atoms with Crippen LogP contribution in [0.25, 0.3) is 16.8 Å². The van der Waals surface area contributed by atoms with E-state index in [1.807, 2.05) is 40.9 Å². The number of aromatic amines is 1. The predicted molar refractivity (Wildman–Crippen MR) is 91.3 cm³/mol. The lowest BCUT2D eigenvalue weighted by Gasteiger charge is -2.04. The van der Waals surface area contributed by atoms with Gasteiger partial charge in [-0.1, -0.05) is 12.1 Å². The van der Waals surface area contributed by atoms with Crippen molar-refractivity contribution in [2.24, 2.45) is 0 Å². The van der Waals surface area contributed by atoms with Crippen molar-refractivity contribution in [2.75, 3.05) is 19.2 Å². The van der Waals surface area contributed by atoms with Gasteiger partial charge in [0.2, 0.25) is 12.7 Å². The smallest absolute Gasteiger partial charge is 0.253 e. The molecule has 0 atom stereocenters. The molecule has 0 saturated heterocycles. The molecule has 5 rings (SSSR count). The quantitative estimate of drug-likeness (QED) is 0.595. The number of benzene rings is 2. The monoisotopic (exact) mass is 337 g/mol. The first-order valence-electron chi connectivity index (χ1n) is 7.85. The second kappa shape index (κ2) is 5.30. The Labute approximate surface area is 142 Å². The zero-order chi connectivity index (χ0) is 16.8. The number of ether oxygens (including phenoxy) is 3. The van der Waals surface area contributed by atoms with Gasteiger partial charge >= 0.3 is 0 Å². The van der Waals surface area contributed by atoms with E-state index < -0.39 is 0 Å². The third kappa shape index (κ3) is 2.30. The first kappa shape index (κ1) is 14.0. The van der Waals surface area contributed by atoms with Crippen LogP contribution in [0.4, 0.5) is 5.95 Å². The van der Waals surface area contributed by atoms with Crippen molar-refractivity contribution in [3.8, 4) is 17.2 Å². The first-order chi connectivity index (χ1) is 12.3. The maximum Gasteiger partial charge on any atom is 0.253 e. The fourth-order valence-electron chi connectivity index (χ4n) is 2.88. The zero-order valence-corrected chi connectivity index (χ0v) is 13.4. The van der Waals surface area contributed by atoms with E-state index in [1.54, 1.807) is 7.11 Å². The van der Waals surface area contributed by atoms with Crippen LogP contribution >= 0.6 is 0 Å². The summed E-state index contributed by atoms with van der Waals surface area (Å²) in [6.45, 7) is 0.887. The molecule has 0 fully saturated rings. The highest BCUT2D eigenvalue weighted by Crippen LogP contribution is 2.35. The van der Waals surface area contributed by atoms with Crippen molar-refractivity contribution < 1.29 is 14.2 Å². The number of hydrogen-bond acceptors (Lipinski definition) is 6. The number of nitrogens with one attached hydrogen (secondary N) is 2.